The van der Waals surface area contributed by atoms with E-state index in [-0.39, 0.29) is 11.9 Å². The zero-order valence-electron chi connectivity index (χ0n) is 11.8. The Hall–Kier alpha value is -1.55. The highest BCUT2D eigenvalue weighted by Crippen LogP contribution is 2.29. The van der Waals surface area contributed by atoms with Crippen LogP contribution in [0.4, 0.5) is 0 Å². The predicted octanol–water partition coefficient (Wildman–Crippen LogP) is 2.12. The van der Waals surface area contributed by atoms with Crippen molar-refractivity contribution in [1.29, 1.82) is 0 Å². The normalized spacial score (nSPS) is 17.7. The van der Waals surface area contributed by atoms with Gasteiger partial charge in [-0.25, -0.2) is 0 Å². The number of carbonyl (C=O) groups is 1. The van der Waals surface area contributed by atoms with Crippen LogP contribution in [0.1, 0.15) is 42.2 Å². The van der Waals surface area contributed by atoms with E-state index in [1.54, 1.807) is 0 Å². The van der Waals surface area contributed by atoms with Crippen molar-refractivity contribution in [3.63, 3.8) is 0 Å². The Kier molecular flexibility index (Phi) is 4.43. The average molecular weight is 262 g/mol. The van der Waals surface area contributed by atoms with Gasteiger partial charge in [0.2, 0.25) is 0 Å². The minimum atomic E-state index is -0.0478. The fraction of sp³-hybridized carbons (Fsp3) is 0.533. The van der Waals surface area contributed by atoms with Crippen LogP contribution in [-0.4, -0.2) is 26.1 Å². The van der Waals surface area contributed by atoms with Gasteiger partial charge in [-0.2, -0.15) is 0 Å². The molecule has 2 unspecified atom stereocenters. The molecule has 2 atom stereocenters. The largest absolute Gasteiger partial charge is 0.491 e. The van der Waals surface area contributed by atoms with Crippen molar-refractivity contribution in [2.45, 2.75) is 26.3 Å². The number of nitrogens with one attached hydrogen (secondary N) is 2. The van der Waals surface area contributed by atoms with Crippen molar-refractivity contribution in [2.24, 2.45) is 5.92 Å². The Morgan fingerprint density at radius 2 is 2.26 bits per heavy atom. The summed E-state index contributed by atoms with van der Waals surface area (Å²) in [6.45, 7) is 5.47. The quantitative estimate of drug-likeness (QED) is 0.874. The molecule has 0 fully saturated rings. The molecule has 0 aliphatic carbocycles. The topological polar surface area (TPSA) is 50.4 Å². The summed E-state index contributed by atoms with van der Waals surface area (Å²) in [5.41, 5.74) is 1.77. The Morgan fingerprint density at radius 3 is 2.95 bits per heavy atom. The van der Waals surface area contributed by atoms with Gasteiger partial charge in [0.1, 0.15) is 12.4 Å². The number of hydrogen-bond donors (Lipinski definition) is 2. The lowest BCUT2D eigenvalue weighted by Crippen LogP contribution is -2.25. The first-order valence-electron chi connectivity index (χ1n) is 6.89. The molecule has 1 amide bonds. The van der Waals surface area contributed by atoms with Gasteiger partial charge in [-0.1, -0.05) is 26.3 Å². The van der Waals surface area contributed by atoms with E-state index in [0.717, 1.165) is 12.0 Å². The lowest BCUT2D eigenvalue weighted by atomic mass is 9.91. The van der Waals surface area contributed by atoms with Crippen LogP contribution < -0.4 is 15.4 Å². The summed E-state index contributed by atoms with van der Waals surface area (Å²) < 4.78 is 5.57. The minimum absolute atomic E-state index is 0.0478. The van der Waals surface area contributed by atoms with E-state index < -0.39 is 0 Å². The molecule has 1 aromatic rings. The second-order valence-corrected chi connectivity index (χ2v) is 5.01. The Morgan fingerprint density at radius 1 is 1.47 bits per heavy atom. The summed E-state index contributed by atoms with van der Waals surface area (Å²) in [6.07, 6.45) is 1.09. The van der Waals surface area contributed by atoms with E-state index in [1.165, 1.54) is 0 Å². The summed E-state index contributed by atoms with van der Waals surface area (Å²) in [5.74, 6) is 1.14. The maximum Gasteiger partial charge on any atom is 0.255 e. The molecular weight excluding hydrogens is 240 g/mol. The Labute approximate surface area is 114 Å². The molecule has 19 heavy (non-hydrogen) atoms. The zero-order valence-corrected chi connectivity index (χ0v) is 11.8. The van der Waals surface area contributed by atoms with Crippen LogP contribution in [0, 0.1) is 5.92 Å². The van der Waals surface area contributed by atoms with Crippen molar-refractivity contribution in [3.8, 4) is 5.75 Å². The lowest BCUT2D eigenvalue weighted by molar-refractivity contribution is 0.0957. The molecule has 0 bridgehead atoms. The van der Waals surface area contributed by atoms with Crippen molar-refractivity contribution in [1.82, 2.24) is 10.6 Å². The molecule has 0 radical (unpaired) electrons. The number of rotatable bonds is 4. The number of benzene rings is 1. The van der Waals surface area contributed by atoms with Crippen LogP contribution in [0.5, 0.6) is 5.75 Å². The van der Waals surface area contributed by atoms with Gasteiger partial charge in [0.05, 0.1) is 12.1 Å². The predicted molar refractivity (Wildman–Crippen MR) is 75.5 cm³/mol. The number of hydrogen-bond acceptors (Lipinski definition) is 3. The molecule has 0 aromatic heterocycles. The molecule has 1 aliphatic rings. The lowest BCUT2D eigenvalue weighted by Gasteiger charge is -2.23. The van der Waals surface area contributed by atoms with Crippen molar-refractivity contribution in [2.75, 3.05) is 20.2 Å². The first kappa shape index (κ1) is 13.9. The summed E-state index contributed by atoms with van der Waals surface area (Å²) in [4.78, 5) is 12.0. The Bertz CT molecular complexity index is 459. The molecule has 0 saturated heterocycles. The summed E-state index contributed by atoms with van der Waals surface area (Å²) in [7, 11) is 1.96. The highest BCUT2D eigenvalue weighted by molar-refractivity contribution is 5.97. The first-order chi connectivity index (χ1) is 9.17. The van der Waals surface area contributed by atoms with Crippen molar-refractivity contribution in [3.05, 3.63) is 29.3 Å². The second-order valence-electron chi connectivity index (χ2n) is 5.01. The van der Waals surface area contributed by atoms with Crippen LogP contribution in [0.3, 0.4) is 0 Å². The molecule has 104 valence electrons. The number of amides is 1. The highest BCUT2D eigenvalue weighted by Gasteiger charge is 2.21. The third kappa shape index (κ3) is 2.89. The minimum Gasteiger partial charge on any atom is -0.491 e. The van der Waals surface area contributed by atoms with Gasteiger partial charge in [-0.3, -0.25) is 4.79 Å². The molecule has 0 saturated carbocycles. The van der Waals surface area contributed by atoms with Crippen LogP contribution in [0.25, 0.3) is 0 Å². The van der Waals surface area contributed by atoms with E-state index in [4.69, 9.17) is 4.74 Å². The fourth-order valence-electron chi connectivity index (χ4n) is 2.48. The summed E-state index contributed by atoms with van der Waals surface area (Å²) in [6, 6.07) is 6.16. The molecule has 2 rings (SSSR count). The number of fused-ring (bicyclic) bond motifs is 1. The first-order valence-corrected chi connectivity index (χ1v) is 6.89. The monoisotopic (exact) mass is 262 g/mol. The van der Waals surface area contributed by atoms with Gasteiger partial charge >= 0.3 is 0 Å². The molecule has 2 N–H and O–H groups in total. The Balaban J connectivity index is 2.36. The summed E-state index contributed by atoms with van der Waals surface area (Å²) in [5, 5.41) is 6.18. The van der Waals surface area contributed by atoms with Gasteiger partial charge in [0.25, 0.3) is 5.91 Å². The van der Waals surface area contributed by atoms with Crippen LogP contribution in [0.15, 0.2) is 18.2 Å². The molecule has 1 heterocycles. The highest BCUT2D eigenvalue weighted by atomic mass is 16.5. The van der Waals surface area contributed by atoms with Crippen LogP contribution >= 0.6 is 0 Å². The van der Waals surface area contributed by atoms with Gasteiger partial charge < -0.3 is 15.4 Å². The zero-order chi connectivity index (χ0) is 13.8. The van der Waals surface area contributed by atoms with Gasteiger partial charge in [-0.15, -0.1) is 0 Å². The molecule has 0 spiro atoms. The second kappa shape index (κ2) is 6.06. The standard InChI is InChI=1S/C15H22N2O2/c1-4-10(2)14(16-3)11-5-6-13-12(9-11)15(18)17-7-8-19-13/h5-6,9-10,14,16H,4,7-8H2,1-3H3,(H,17,18). The number of ether oxygens (including phenoxy) is 1. The van der Waals surface area contributed by atoms with Crippen molar-refractivity contribution >= 4 is 5.91 Å². The van der Waals surface area contributed by atoms with Gasteiger partial charge in [0, 0.05) is 6.04 Å². The molecule has 1 aromatic carbocycles. The van der Waals surface area contributed by atoms with Crippen LogP contribution in [0.2, 0.25) is 0 Å². The van der Waals surface area contributed by atoms with Crippen LogP contribution in [-0.2, 0) is 0 Å². The maximum atomic E-state index is 12.0. The maximum absolute atomic E-state index is 12.0. The molecular formula is C15H22N2O2. The van der Waals surface area contributed by atoms with E-state index in [2.05, 4.69) is 24.5 Å². The number of carbonyl (C=O) groups excluding carboxylic acids is 1. The molecule has 4 nitrogen and oxygen atoms in total. The van der Waals surface area contributed by atoms with E-state index in [1.807, 2.05) is 25.2 Å². The van der Waals surface area contributed by atoms with E-state index in [9.17, 15) is 4.79 Å². The van der Waals surface area contributed by atoms with E-state index >= 15 is 0 Å². The van der Waals surface area contributed by atoms with E-state index in [0.29, 0.717) is 30.4 Å². The average Bonchev–Trinajstić information content (AvgIpc) is 2.61. The van der Waals surface area contributed by atoms with Gasteiger partial charge in [-0.05, 0) is 30.7 Å². The third-order valence-corrected chi connectivity index (χ3v) is 3.78. The van der Waals surface area contributed by atoms with Gasteiger partial charge in [0.15, 0.2) is 0 Å². The SMILES string of the molecule is CCC(C)C(NC)c1ccc2c(c1)C(=O)NCCO2. The smallest absolute Gasteiger partial charge is 0.255 e. The molecule has 1 aliphatic heterocycles. The third-order valence-electron chi connectivity index (χ3n) is 3.78. The summed E-state index contributed by atoms with van der Waals surface area (Å²) >= 11 is 0. The molecule has 4 heteroatoms. The fourth-order valence-corrected chi connectivity index (χ4v) is 2.48. The van der Waals surface area contributed by atoms with Crippen molar-refractivity contribution < 1.29 is 9.53 Å².